The molecule has 1 saturated heterocycles. The van der Waals surface area contributed by atoms with Gasteiger partial charge in [0, 0.05) is 24.9 Å². The Hall–Kier alpha value is -1.29. The topological polar surface area (TPSA) is 116 Å². The van der Waals surface area contributed by atoms with Gasteiger partial charge in [-0.25, -0.2) is 13.6 Å². The van der Waals surface area contributed by atoms with E-state index in [1.165, 1.54) is 23.9 Å². The smallest absolute Gasteiger partial charge is 0.238 e. The van der Waals surface area contributed by atoms with E-state index in [0.29, 0.717) is 30.4 Å². The van der Waals surface area contributed by atoms with Crippen LogP contribution in [-0.4, -0.2) is 56.5 Å². The fourth-order valence-corrected chi connectivity index (χ4v) is 3.80. The molecular weight excluding hydrogens is 350 g/mol. The lowest BCUT2D eigenvalue weighted by Crippen LogP contribution is -2.40. The molecule has 0 radical (unpaired) electrons. The summed E-state index contributed by atoms with van der Waals surface area (Å²) in [6, 6.07) is 6.12. The van der Waals surface area contributed by atoms with Crippen LogP contribution in [0.3, 0.4) is 0 Å². The lowest BCUT2D eigenvalue weighted by molar-refractivity contribution is -0.128. The van der Waals surface area contributed by atoms with Crippen molar-refractivity contribution in [1.29, 1.82) is 0 Å². The van der Waals surface area contributed by atoms with Crippen molar-refractivity contribution >= 4 is 27.7 Å². The van der Waals surface area contributed by atoms with Crippen LogP contribution in [0.1, 0.15) is 12.8 Å². The Kier molecular flexibility index (Phi) is 6.90. The van der Waals surface area contributed by atoms with Gasteiger partial charge in [-0.15, -0.1) is 11.8 Å². The van der Waals surface area contributed by atoms with Gasteiger partial charge in [0.25, 0.3) is 0 Å². The molecule has 1 aromatic rings. The van der Waals surface area contributed by atoms with E-state index in [-0.39, 0.29) is 16.8 Å². The Morgan fingerprint density at radius 2 is 2.04 bits per heavy atom. The summed E-state index contributed by atoms with van der Waals surface area (Å²) in [5.41, 5.74) is 5.67. The van der Waals surface area contributed by atoms with Crippen LogP contribution in [0.2, 0.25) is 0 Å². The summed E-state index contributed by atoms with van der Waals surface area (Å²) >= 11 is 1.51. The van der Waals surface area contributed by atoms with Gasteiger partial charge in [-0.1, -0.05) is 0 Å². The van der Waals surface area contributed by atoms with Gasteiger partial charge < -0.3 is 15.4 Å². The third-order valence-corrected chi connectivity index (χ3v) is 5.68. The highest BCUT2D eigenvalue weighted by Gasteiger charge is 2.26. The molecule has 24 heavy (non-hydrogen) atoms. The van der Waals surface area contributed by atoms with E-state index < -0.39 is 10.0 Å². The van der Waals surface area contributed by atoms with Crippen LogP contribution in [0.5, 0.6) is 5.75 Å². The van der Waals surface area contributed by atoms with E-state index in [1.54, 1.807) is 12.1 Å². The lowest BCUT2D eigenvalue weighted by atomic mass is 10.2. The second-order valence-corrected chi connectivity index (χ2v) is 8.20. The van der Waals surface area contributed by atoms with Gasteiger partial charge in [0.15, 0.2) is 0 Å². The second kappa shape index (κ2) is 8.70. The van der Waals surface area contributed by atoms with Gasteiger partial charge in [-0.3, -0.25) is 4.79 Å². The number of primary sulfonamides is 1. The number of carbonyl (C=O) groups is 1. The summed E-state index contributed by atoms with van der Waals surface area (Å²) in [5.74, 6) is 1.79. The minimum Gasteiger partial charge on any atom is -0.493 e. The molecule has 7 nitrogen and oxygen atoms in total. The predicted octanol–water partition coefficient (Wildman–Crippen LogP) is 0.396. The van der Waals surface area contributed by atoms with Crippen LogP contribution >= 0.6 is 11.8 Å². The van der Waals surface area contributed by atoms with Gasteiger partial charge in [-0.05, 0) is 37.1 Å². The lowest BCUT2D eigenvalue weighted by Gasteiger charge is -2.23. The molecule has 1 aromatic carbocycles. The first kappa shape index (κ1) is 19.0. The molecule has 0 saturated carbocycles. The molecule has 4 N–H and O–H groups in total. The molecule has 1 aliphatic rings. The van der Waals surface area contributed by atoms with E-state index in [2.05, 4.69) is 0 Å². The fraction of sp³-hybridized carbons (Fsp3) is 0.533. The quantitative estimate of drug-likeness (QED) is 0.637. The van der Waals surface area contributed by atoms with E-state index in [9.17, 15) is 13.2 Å². The summed E-state index contributed by atoms with van der Waals surface area (Å²) < 4.78 is 27.8. The maximum atomic E-state index is 12.1. The second-order valence-electron chi connectivity index (χ2n) is 5.54. The molecule has 1 unspecified atom stereocenters. The molecule has 0 spiro atoms. The van der Waals surface area contributed by atoms with Crippen molar-refractivity contribution in [2.45, 2.75) is 23.8 Å². The number of sulfonamides is 1. The standard InChI is InChI=1S/C15H23N3O4S2/c16-10-12-2-1-7-18(12)15(19)11-23-9-8-22-13-3-5-14(6-4-13)24(17,20)21/h3-6,12H,1-2,7-11,16H2,(H2,17,20,21). The molecule has 1 fully saturated rings. The van der Waals surface area contributed by atoms with Gasteiger partial charge in [0.1, 0.15) is 5.75 Å². The minimum absolute atomic E-state index is 0.0508. The molecule has 134 valence electrons. The molecule has 1 amide bonds. The molecule has 1 atom stereocenters. The van der Waals surface area contributed by atoms with E-state index in [1.807, 2.05) is 4.90 Å². The fourth-order valence-electron chi connectivity index (χ4n) is 2.60. The monoisotopic (exact) mass is 373 g/mol. The van der Waals surface area contributed by atoms with Crippen LogP contribution < -0.4 is 15.6 Å². The maximum absolute atomic E-state index is 12.1. The maximum Gasteiger partial charge on any atom is 0.238 e. The first-order valence-electron chi connectivity index (χ1n) is 7.75. The van der Waals surface area contributed by atoms with Gasteiger partial charge in [-0.2, -0.15) is 0 Å². The summed E-state index contributed by atoms with van der Waals surface area (Å²) in [5, 5.41) is 5.03. The zero-order valence-corrected chi connectivity index (χ0v) is 15.0. The highest BCUT2D eigenvalue weighted by molar-refractivity contribution is 7.99. The van der Waals surface area contributed by atoms with Crippen molar-refractivity contribution in [3.05, 3.63) is 24.3 Å². The number of nitrogens with two attached hydrogens (primary N) is 2. The zero-order valence-electron chi connectivity index (χ0n) is 13.4. The van der Waals surface area contributed by atoms with Crippen LogP contribution in [0.25, 0.3) is 0 Å². The van der Waals surface area contributed by atoms with Crippen molar-refractivity contribution in [1.82, 2.24) is 4.90 Å². The number of hydrogen-bond donors (Lipinski definition) is 2. The van der Waals surface area contributed by atoms with Crippen LogP contribution in [0, 0.1) is 0 Å². The summed E-state index contributed by atoms with van der Waals surface area (Å²) in [7, 11) is -3.68. The average Bonchev–Trinajstić information content (AvgIpc) is 3.02. The molecule has 2 rings (SSSR count). The van der Waals surface area contributed by atoms with E-state index >= 15 is 0 Å². The predicted molar refractivity (Wildman–Crippen MR) is 94.4 cm³/mol. The number of thioether (sulfide) groups is 1. The highest BCUT2D eigenvalue weighted by Crippen LogP contribution is 2.18. The van der Waals surface area contributed by atoms with Crippen molar-refractivity contribution < 1.29 is 17.9 Å². The number of carbonyl (C=O) groups excluding carboxylic acids is 1. The van der Waals surface area contributed by atoms with Crippen LogP contribution in [0.15, 0.2) is 29.2 Å². The number of hydrogen-bond acceptors (Lipinski definition) is 6. The highest BCUT2D eigenvalue weighted by atomic mass is 32.2. The van der Waals surface area contributed by atoms with E-state index in [4.69, 9.17) is 15.6 Å². The first-order valence-corrected chi connectivity index (χ1v) is 10.4. The molecule has 9 heteroatoms. The summed E-state index contributed by atoms with van der Waals surface area (Å²) in [6.45, 7) is 1.76. The number of amides is 1. The Morgan fingerprint density at radius 3 is 2.67 bits per heavy atom. The molecule has 0 aromatic heterocycles. The van der Waals surface area contributed by atoms with Crippen molar-refractivity contribution in [3.8, 4) is 5.75 Å². The number of benzene rings is 1. The molecular formula is C15H23N3O4S2. The Morgan fingerprint density at radius 1 is 1.33 bits per heavy atom. The first-order chi connectivity index (χ1) is 11.4. The normalized spacial score (nSPS) is 17.9. The number of ether oxygens (including phenoxy) is 1. The molecule has 1 heterocycles. The minimum atomic E-state index is -3.68. The third-order valence-electron chi connectivity index (χ3n) is 3.84. The Labute approximate surface area is 146 Å². The molecule has 0 aliphatic carbocycles. The van der Waals surface area contributed by atoms with Crippen molar-refractivity contribution in [2.75, 3.05) is 31.2 Å². The molecule has 1 aliphatic heterocycles. The SMILES string of the molecule is NCC1CCCN1C(=O)CSCCOc1ccc(S(N)(=O)=O)cc1. The largest absolute Gasteiger partial charge is 0.493 e. The van der Waals surface area contributed by atoms with E-state index in [0.717, 1.165) is 19.4 Å². The Balaban J connectivity index is 1.67. The van der Waals surface area contributed by atoms with Gasteiger partial charge in [0.2, 0.25) is 15.9 Å². The van der Waals surface area contributed by atoms with Crippen LogP contribution in [-0.2, 0) is 14.8 Å². The Bertz CT molecular complexity index is 649. The average molecular weight is 374 g/mol. The number of likely N-dealkylation sites (tertiary alicyclic amines) is 1. The van der Waals surface area contributed by atoms with Gasteiger partial charge in [0.05, 0.1) is 17.3 Å². The van der Waals surface area contributed by atoms with Gasteiger partial charge >= 0.3 is 0 Å². The summed E-state index contributed by atoms with van der Waals surface area (Å²) in [4.78, 5) is 14.0. The van der Waals surface area contributed by atoms with Crippen molar-refractivity contribution in [2.24, 2.45) is 10.9 Å². The molecule has 0 bridgehead atoms. The van der Waals surface area contributed by atoms with Crippen molar-refractivity contribution in [3.63, 3.8) is 0 Å². The number of nitrogens with zero attached hydrogens (tertiary/aromatic N) is 1. The summed E-state index contributed by atoms with van der Waals surface area (Å²) in [6.07, 6.45) is 2.01. The number of rotatable bonds is 8. The zero-order chi connectivity index (χ0) is 17.6. The third kappa shape index (κ3) is 5.37. The van der Waals surface area contributed by atoms with Crippen LogP contribution in [0.4, 0.5) is 0 Å².